The number of rotatable bonds is 6. The Kier molecular flexibility index (Phi) is 5.53. The van der Waals surface area contributed by atoms with Gasteiger partial charge in [-0.1, -0.05) is 19.1 Å². The van der Waals surface area contributed by atoms with Gasteiger partial charge in [0.25, 0.3) is 0 Å². The predicted octanol–water partition coefficient (Wildman–Crippen LogP) is 3.55. The summed E-state index contributed by atoms with van der Waals surface area (Å²) in [4.78, 5) is 0. The molecule has 0 heterocycles. The van der Waals surface area contributed by atoms with Crippen molar-refractivity contribution in [1.82, 2.24) is 0 Å². The summed E-state index contributed by atoms with van der Waals surface area (Å²) >= 11 is 2.01. The second-order valence-electron chi connectivity index (χ2n) is 3.41. The maximum Gasteiger partial charge on any atom is 0.0343 e. The van der Waals surface area contributed by atoms with Crippen LogP contribution in [0, 0.1) is 6.92 Å². The third-order valence-corrected chi connectivity index (χ3v) is 3.13. The fraction of sp³-hybridized carbons (Fsp3) is 0.500. The molecule has 0 unspecified atom stereocenters. The zero-order valence-electron chi connectivity index (χ0n) is 9.05. The molecule has 1 N–H and O–H groups in total. The first-order valence-corrected chi connectivity index (χ1v) is 6.36. The van der Waals surface area contributed by atoms with Gasteiger partial charge in [0, 0.05) is 18.0 Å². The molecule has 0 radical (unpaired) electrons. The van der Waals surface area contributed by atoms with Crippen molar-refractivity contribution in [3.63, 3.8) is 0 Å². The normalized spacial score (nSPS) is 10.1. The molecule has 1 aromatic carbocycles. The summed E-state index contributed by atoms with van der Waals surface area (Å²) in [5.41, 5.74) is 2.55. The van der Waals surface area contributed by atoms with Gasteiger partial charge in [-0.25, -0.2) is 0 Å². The minimum atomic E-state index is 1.06. The van der Waals surface area contributed by atoms with Crippen LogP contribution in [0.4, 0.5) is 5.69 Å². The number of hydrogen-bond donors (Lipinski definition) is 1. The number of anilines is 1. The third-order valence-electron chi connectivity index (χ3n) is 1.94. The minimum absolute atomic E-state index is 1.06. The number of benzene rings is 1. The Balaban J connectivity index is 2.18. The third kappa shape index (κ3) is 4.56. The Morgan fingerprint density at radius 2 is 2.14 bits per heavy atom. The van der Waals surface area contributed by atoms with Gasteiger partial charge in [-0.15, -0.1) is 0 Å². The van der Waals surface area contributed by atoms with Crippen molar-refractivity contribution in [2.75, 3.05) is 23.4 Å². The monoisotopic (exact) mass is 209 g/mol. The summed E-state index contributed by atoms with van der Waals surface area (Å²) < 4.78 is 0. The average Bonchev–Trinajstić information content (AvgIpc) is 2.18. The van der Waals surface area contributed by atoms with E-state index in [-0.39, 0.29) is 0 Å². The fourth-order valence-electron chi connectivity index (χ4n) is 1.27. The molecule has 0 atom stereocenters. The summed E-state index contributed by atoms with van der Waals surface area (Å²) in [6, 6.07) is 8.52. The molecule has 0 spiro atoms. The first-order chi connectivity index (χ1) is 6.83. The molecule has 0 saturated carbocycles. The van der Waals surface area contributed by atoms with Crippen LogP contribution in [0.25, 0.3) is 0 Å². The Morgan fingerprint density at radius 1 is 1.29 bits per heavy atom. The van der Waals surface area contributed by atoms with Crippen molar-refractivity contribution >= 4 is 17.4 Å². The van der Waals surface area contributed by atoms with E-state index >= 15 is 0 Å². The highest BCUT2D eigenvalue weighted by Crippen LogP contribution is 2.09. The van der Waals surface area contributed by atoms with Crippen LogP contribution >= 0.6 is 11.8 Å². The summed E-state index contributed by atoms with van der Waals surface area (Å²) in [5.74, 6) is 2.47. The van der Waals surface area contributed by atoms with Crippen LogP contribution < -0.4 is 5.32 Å². The molecule has 0 aliphatic heterocycles. The molecular formula is C12H19NS. The zero-order chi connectivity index (χ0) is 10.2. The highest BCUT2D eigenvalue weighted by molar-refractivity contribution is 7.99. The topological polar surface area (TPSA) is 12.0 Å². The molecule has 1 aromatic rings. The largest absolute Gasteiger partial charge is 0.384 e. The van der Waals surface area contributed by atoms with Gasteiger partial charge in [-0.2, -0.15) is 11.8 Å². The molecule has 2 heteroatoms. The first-order valence-electron chi connectivity index (χ1n) is 5.21. The van der Waals surface area contributed by atoms with Crippen molar-refractivity contribution in [3.8, 4) is 0 Å². The van der Waals surface area contributed by atoms with E-state index in [0.29, 0.717) is 0 Å². The van der Waals surface area contributed by atoms with Gasteiger partial charge in [0.2, 0.25) is 0 Å². The quantitative estimate of drug-likeness (QED) is 0.719. The first kappa shape index (κ1) is 11.4. The van der Waals surface area contributed by atoms with E-state index in [1.807, 2.05) is 11.8 Å². The molecule has 0 fully saturated rings. The van der Waals surface area contributed by atoms with E-state index in [2.05, 4.69) is 43.4 Å². The van der Waals surface area contributed by atoms with E-state index in [4.69, 9.17) is 0 Å². The van der Waals surface area contributed by atoms with Gasteiger partial charge in [0.1, 0.15) is 0 Å². The van der Waals surface area contributed by atoms with Crippen LogP contribution in [-0.4, -0.2) is 18.1 Å². The molecule has 0 aromatic heterocycles. The number of nitrogens with one attached hydrogen (secondary N) is 1. The van der Waals surface area contributed by atoms with E-state index in [1.165, 1.54) is 29.2 Å². The highest BCUT2D eigenvalue weighted by atomic mass is 32.2. The van der Waals surface area contributed by atoms with Crippen molar-refractivity contribution in [2.45, 2.75) is 20.3 Å². The van der Waals surface area contributed by atoms with Gasteiger partial charge in [0.15, 0.2) is 0 Å². The summed E-state index contributed by atoms with van der Waals surface area (Å²) in [5, 5.41) is 3.42. The van der Waals surface area contributed by atoms with Gasteiger partial charge in [0.05, 0.1) is 0 Å². The maximum absolute atomic E-state index is 3.42. The predicted molar refractivity (Wildman–Crippen MR) is 67.3 cm³/mol. The molecule has 0 saturated heterocycles. The molecule has 78 valence electrons. The lowest BCUT2D eigenvalue weighted by atomic mass is 10.2. The molecule has 0 amide bonds. The molecule has 0 aliphatic carbocycles. The number of hydrogen-bond acceptors (Lipinski definition) is 2. The smallest absolute Gasteiger partial charge is 0.0343 e. The fourth-order valence-corrected chi connectivity index (χ4v) is 2.01. The van der Waals surface area contributed by atoms with Crippen molar-refractivity contribution in [3.05, 3.63) is 29.8 Å². The molecule has 0 bridgehead atoms. The van der Waals surface area contributed by atoms with Crippen LogP contribution in [0.15, 0.2) is 24.3 Å². The van der Waals surface area contributed by atoms with E-state index < -0.39 is 0 Å². The van der Waals surface area contributed by atoms with E-state index in [0.717, 1.165) is 6.54 Å². The molecule has 14 heavy (non-hydrogen) atoms. The second-order valence-corrected chi connectivity index (χ2v) is 4.63. The SMILES string of the molecule is CCCSCCNc1cccc(C)c1. The Labute approximate surface area is 91.3 Å². The van der Waals surface area contributed by atoms with Crippen LogP contribution in [0.1, 0.15) is 18.9 Å². The van der Waals surface area contributed by atoms with Gasteiger partial charge in [-0.05, 0) is 36.8 Å². The van der Waals surface area contributed by atoms with E-state index in [9.17, 15) is 0 Å². The van der Waals surface area contributed by atoms with E-state index in [1.54, 1.807) is 0 Å². The van der Waals surface area contributed by atoms with Crippen molar-refractivity contribution < 1.29 is 0 Å². The Bertz CT molecular complexity index is 260. The van der Waals surface area contributed by atoms with Crippen molar-refractivity contribution in [2.24, 2.45) is 0 Å². The second kappa shape index (κ2) is 6.77. The standard InChI is InChI=1S/C12H19NS/c1-3-8-14-9-7-13-12-6-4-5-11(2)10-12/h4-6,10,13H,3,7-9H2,1-2H3. The van der Waals surface area contributed by atoms with Crippen LogP contribution in [0.3, 0.4) is 0 Å². The van der Waals surface area contributed by atoms with Crippen LogP contribution in [0.5, 0.6) is 0 Å². The lowest BCUT2D eigenvalue weighted by Crippen LogP contribution is -2.04. The lowest BCUT2D eigenvalue weighted by Gasteiger charge is -2.06. The van der Waals surface area contributed by atoms with Crippen LogP contribution in [0.2, 0.25) is 0 Å². The highest BCUT2D eigenvalue weighted by Gasteiger charge is 1.91. The molecule has 1 rings (SSSR count). The minimum Gasteiger partial charge on any atom is -0.384 e. The number of aryl methyl sites for hydroxylation is 1. The zero-order valence-corrected chi connectivity index (χ0v) is 9.86. The number of thioether (sulfide) groups is 1. The van der Waals surface area contributed by atoms with Gasteiger partial charge in [-0.3, -0.25) is 0 Å². The van der Waals surface area contributed by atoms with Gasteiger partial charge < -0.3 is 5.32 Å². The Morgan fingerprint density at radius 3 is 2.86 bits per heavy atom. The maximum atomic E-state index is 3.42. The van der Waals surface area contributed by atoms with Crippen molar-refractivity contribution in [1.29, 1.82) is 0 Å². The molecule has 1 nitrogen and oxygen atoms in total. The van der Waals surface area contributed by atoms with Gasteiger partial charge >= 0.3 is 0 Å². The summed E-state index contributed by atoms with van der Waals surface area (Å²) in [6.45, 7) is 5.41. The molecule has 0 aliphatic rings. The lowest BCUT2D eigenvalue weighted by molar-refractivity contribution is 1.10. The summed E-state index contributed by atoms with van der Waals surface area (Å²) in [6.07, 6.45) is 1.27. The summed E-state index contributed by atoms with van der Waals surface area (Å²) in [7, 11) is 0. The Hall–Kier alpha value is -0.630. The average molecular weight is 209 g/mol. The van der Waals surface area contributed by atoms with Crippen LogP contribution in [-0.2, 0) is 0 Å². The molecular weight excluding hydrogens is 190 g/mol.